The summed E-state index contributed by atoms with van der Waals surface area (Å²) in [4.78, 5) is 11.1. The minimum absolute atomic E-state index is 0.266. The minimum atomic E-state index is -0.580. The summed E-state index contributed by atoms with van der Waals surface area (Å²) in [6.45, 7) is 0. The number of carbonyl (C=O) groups is 1. The molecule has 16 heavy (non-hydrogen) atoms. The molecule has 0 atom stereocenters. The van der Waals surface area contributed by atoms with Gasteiger partial charge in [-0.05, 0) is 30.5 Å². The van der Waals surface area contributed by atoms with Gasteiger partial charge in [-0.1, -0.05) is 11.6 Å². The summed E-state index contributed by atoms with van der Waals surface area (Å²) in [7, 11) is 0. The number of fused-ring (bicyclic) bond motifs is 1. The van der Waals surface area contributed by atoms with Crippen LogP contribution >= 0.6 is 23.2 Å². The molecule has 0 bridgehead atoms. The first kappa shape index (κ1) is 10.1. The molecule has 2 heterocycles. The van der Waals surface area contributed by atoms with Crippen molar-refractivity contribution in [2.75, 3.05) is 0 Å². The van der Waals surface area contributed by atoms with E-state index in [1.54, 1.807) is 12.3 Å². The summed E-state index contributed by atoms with van der Waals surface area (Å²) in [6, 6.07) is 1.60. The van der Waals surface area contributed by atoms with Crippen molar-refractivity contribution >= 4 is 34.1 Å². The topological polar surface area (TPSA) is 47.3 Å². The Hall–Kier alpha value is -1.13. The summed E-state index contributed by atoms with van der Waals surface area (Å²) in [6.07, 6.45) is 4.01. The van der Waals surface area contributed by atoms with Gasteiger partial charge < -0.3 is 0 Å². The number of halogens is 2. The molecular weight excluding hydrogens is 249 g/mol. The maximum atomic E-state index is 11.1. The van der Waals surface area contributed by atoms with Crippen molar-refractivity contribution in [3.63, 3.8) is 0 Å². The summed E-state index contributed by atoms with van der Waals surface area (Å²) in [5, 5.41) is 7.77. The molecule has 1 fully saturated rings. The quantitative estimate of drug-likeness (QED) is 0.776. The lowest BCUT2D eigenvalue weighted by Crippen LogP contribution is -1.97. The van der Waals surface area contributed by atoms with Gasteiger partial charge in [-0.25, -0.2) is 0 Å². The summed E-state index contributed by atoms with van der Waals surface area (Å²) < 4.78 is 1.82. The minimum Gasteiger partial charge on any atom is -0.285 e. The third-order valence-electron chi connectivity index (χ3n) is 2.70. The van der Waals surface area contributed by atoms with Crippen LogP contribution in [0.1, 0.15) is 34.9 Å². The third-order valence-corrected chi connectivity index (χ3v) is 3.28. The Balaban J connectivity index is 2.25. The summed E-state index contributed by atoms with van der Waals surface area (Å²) in [5.41, 5.74) is 0.764. The molecule has 2 aromatic heterocycles. The van der Waals surface area contributed by atoms with Gasteiger partial charge in [0, 0.05) is 12.1 Å². The molecule has 1 aliphatic carbocycles. The first-order chi connectivity index (χ1) is 7.68. The number of hydrogen-bond acceptors (Lipinski definition) is 3. The summed E-state index contributed by atoms with van der Waals surface area (Å²) in [5.74, 6) is 1.38. The van der Waals surface area contributed by atoms with E-state index < -0.39 is 5.24 Å². The number of carbonyl (C=O) groups excluding carboxylic acids is 1. The lowest BCUT2D eigenvalue weighted by Gasteiger charge is -2.01. The molecule has 0 spiro atoms. The number of nitrogens with zero attached hydrogens (tertiary/aromatic N) is 3. The molecule has 0 amide bonds. The zero-order valence-electron chi connectivity index (χ0n) is 8.15. The first-order valence-electron chi connectivity index (χ1n) is 4.91. The van der Waals surface area contributed by atoms with Gasteiger partial charge in [0.05, 0.1) is 10.6 Å². The predicted octanol–water partition coefficient (Wildman–Crippen LogP) is 2.64. The number of hydrogen-bond donors (Lipinski definition) is 0. The van der Waals surface area contributed by atoms with Gasteiger partial charge in [0.15, 0.2) is 5.65 Å². The number of rotatable bonds is 2. The maximum Gasteiger partial charge on any atom is 0.254 e. The van der Waals surface area contributed by atoms with Crippen molar-refractivity contribution in [1.29, 1.82) is 0 Å². The van der Waals surface area contributed by atoms with Gasteiger partial charge >= 0.3 is 0 Å². The third kappa shape index (κ3) is 1.41. The van der Waals surface area contributed by atoms with Crippen LogP contribution in [-0.2, 0) is 0 Å². The molecule has 0 aliphatic heterocycles. The molecule has 0 saturated heterocycles. The van der Waals surface area contributed by atoms with E-state index in [0.29, 0.717) is 11.6 Å². The fourth-order valence-electron chi connectivity index (χ4n) is 1.71. The second-order valence-corrected chi connectivity index (χ2v) is 4.56. The molecule has 3 rings (SSSR count). The van der Waals surface area contributed by atoms with Gasteiger partial charge in [-0.3, -0.25) is 9.20 Å². The monoisotopic (exact) mass is 255 g/mol. The molecule has 0 unspecified atom stereocenters. The zero-order valence-corrected chi connectivity index (χ0v) is 9.66. The second-order valence-electron chi connectivity index (χ2n) is 3.84. The Morgan fingerprint density at radius 1 is 1.44 bits per heavy atom. The van der Waals surface area contributed by atoms with Crippen LogP contribution in [0.15, 0.2) is 12.3 Å². The van der Waals surface area contributed by atoms with Gasteiger partial charge in [-0.2, -0.15) is 0 Å². The van der Waals surface area contributed by atoms with E-state index in [1.807, 2.05) is 4.40 Å². The highest BCUT2D eigenvalue weighted by Gasteiger charge is 2.29. The van der Waals surface area contributed by atoms with Crippen LogP contribution in [0.25, 0.3) is 5.65 Å². The van der Waals surface area contributed by atoms with Gasteiger partial charge in [0.2, 0.25) is 0 Å². The Morgan fingerprint density at radius 3 is 2.81 bits per heavy atom. The molecule has 82 valence electrons. The lowest BCUT2D eigenvalue weighted by atomic mass is 10.3. The fraction of sp³-hybridized carbons (Fsp3) is 0.300. The molecule has 2 aromatic rings. The van der Waals surface area contributed by atoms with Crippen molar-refractivity contribution in [3.8, 4) is 0 Å². The lowest BCUT2D eigenvalue weighted by molar-refractivity contribution is 0.108. The van der Waals surface area contributed by atoms with Crippen molar-refractivity contribution < 1.29 is 4.79 Å². The van der Waals surface area contributed by atoms with E-state index in [9.17, 15) is 4.79 Å². The van der Waals surface area contributed by atoms with E-state index in [1.165, 1.54) is 0 Å². The van der Waals surface area contributed by atoms with Crippen LogP contribution in [0, 0.1) is 0 Å². The van der Waals surface area contributed by atoms with Crippen molar-refractivity contribution in [3.05, 3.63) is 28.7 Å². The van der Waals surface area contributed by atoms with Crippen LogP contribution in [0.3, 0.4) is 0 Å². The van der Waals surface area contributed by atoms with E-state index in [-0.39, 0.29) is 10.6 Å². The van der Waals surface area contributed by atoms with Crippen LogP contribution < -0.4 is 0 Å². The van der Waals surface area contributed by atoms with Crippen molar-refractivity contribution in [2.45, 2.75) is 18.8 Å². The zero-order chi connectivity index (χ0) is 11.3. The Morgan fingerprint density at radius 2 is 2.19 bits per heavy atom. The molecule has 6 heteroatoms. The van der Waals surface area contributed by atoms with E-state index >= 15 is 0 Å². The van der Waals surface area contributed by atoms with Crippen LogP contribution in [0.4, 0.5) is 0 Å². The smallest absolute Gasteiger partial charge is 0.254 e. The average Bonchev–Trinajstić information content (AvgIpc) is 2.99. The molecule has 1 aliphatic rings. The highest BCUT2D eigenvalue weighted by Crippen LogP contribution is 2.39. The first-order valence-corrected chi connectivity index (χ1v) is 5.67. The summed E-state index contributed by atoms with van der Waals surface area (Å²) >= 11 is 11.5. The van der Waals surface area contributed by atoms with Gasteiger partial charge in [0.25, 0.3) is 5.24 Å². The molecule has 0 N–H and O–H groups in total. The Kier molecular flexibility index (Phi) is 2.16. The second kappa shape index (κ2) is 3.43. The van der Waals surface area contributed by atoms with Crippen LogP contribution in [-0.4, -0.2) is 19.8 Å². The van der Waals surface area contributed by atoms with E-state index in [0.717, 1.165) is 18.7 Å². The highest BCUT2D eigenvalue weighted by molar-refractivity contribution is 6.69. The van der Waals surface area contributed by atoms with Crippen LogP contribution in [0.2, 0.25) is 5.02 Å². The van der Waals surface area contributed by atoms with E-state index in [2.05, 4.69) is 10.2 Å². The normalized spacial score (nSPS) is 15.6. The van der Waals surface area contributed by atoms with Crippen molar-refractivity contribution in [1.82, 2.24) is 14.6 Å². The molecule has 1 saturated carbocycles. The fourth-order valence-corrected chi connectivity index (χ4v) is 2.20. The molecular formula is C10H7Cl2N3O. The average molecular weight is 256 g/mol. The molecule has 0 aromatic carbocycles. The maximum absolute atomic E-state index is 11.1. The number of pyridine rings is 1. The molecule has 0 radical (unpaired) electrons. The van der Waals surface area contributed by atoms with Gasteiger partial charge in [-0.15, -0.1) is 10.2 Å². The van der Waals surface area contributed by atoms with Crippen molar-refractivity contribution in [2.24, 2.45) is 0 Å². The predicted molar refractivity (Wildman–Crippen MR) is 60.2 cm³/mol. The SMILES string of the molecule is O=C(Cl)c1ccn2c(C3CC3)nnc2c1Cl. The van der Waals surface area contributed by atoms with E-state index in [4.69, 9.17) is 23.2 Å². The molecule has 4 nitrogen and oxygen atoms in total. The van der Waals surface area contributed by atoms with Gasteiger partial charge in [0.1, 0.15) is 5.82 Å². The Bertz CT molecular complexity index is 589. The Labute approximate surface area is 101 Å². The number of aromatic nitrogens is 3. The standard InChI is InChI=1S/C10H7Cl2N3O/c11-7-6(8(12)16)3-4-15-9(5-1-2-5)13-14-10(7)15/h3-5H,1-2H2. The van der Waals surface area contributed by atoms with Crippen LogP contribution in [0.5, 0.6) is 0 Å². The largest absolute Gasteiger partial charge is 0.285 e. The highest BCUT2D eigenvalue weighted by atomic mass is 35.5.